The molecule has 7 heteroatoms. The number of nitrogens with zero attached hydrogens (tertiary/aromatic N) is 1. The summed E-state index contributed by atoms with van der Waals surface area (Å²) in [7, 11) is 0. The molecule has 1 aromatic rings. The highest BCUT2D eigenvalue weighted by atomic mass is 16.4. The van der Waals surface area contributed by atoms with Gasteiger partial charge in [-0.25, -0.2) is 4.79 Å². The van der Waals surface area contributed by atoms with Gasteiger partial charge in [0.25, 0.3) is 5.91 Å². The minimum absolute atomic E-state index is 0.0884. The number of hydrogen-bond donors (Lipinski definition) is 3. The van der Waals surface area contributed by atoms with Gasteiger partial charge in [0.1, 0.15) is 0 Å². The van der Waals surface area contributed by atoms with Crippen LogP contribution in [-0.2, 0) is 11.3 Å². The van der Waals surface area contributed by atoms with Crippen molar-refractivity contribution in [3.63, 3.8) is 0 Å². The zero-order chi connectivity index (χ0) is 17.1. The van der Waals surface area contributed by atoms with E-state index in [1.807, 2.05) is 6.07 Å². The second kappa shape index (κ2) is 6.90. The predicted octanol–water partition coefficient (Wildman–Crippen LogP) is 1.19. The third-order valence-electron chi connectivity index (χ3n) is 4.37. The number of amides is 3. The number of aliphatic carboxylic acids is 1. The van der Waals surface area contributed by atoms with Crippen LogP contribution in [0, 0.1) is 5.92 Å². The Kier molecular flexibility index (Phi) is 4.69. The van der Waals surface area contributed by atoms with Crippen molar-refractivity contribution in [2.45, 2.75) is 31.8 Å². The molecule has 0 radical (unpaired) electrons. The third kappa shape index (κ3) is 4.04. The molecule has 1 saturated heterocycles. The van der Waals surface area contributed by atoms with Gasteiger partial charge >= 0.3 is 12.0 Å². The Hall–Kier alpha value is -2.57. The van der Waals surface area contributed by atoms with Crippen molar-refractivity contribution in [2.75, 3.05) is 13.1 Å². The molecule has 7 nitrogen and oxygen atoms in total. The van der Waals surface area contributed by atoms with Crippen LogP contribution in [0.2, 0.25) is 0 Å². The first kappa shape index (κ1) is 16.3. The van der Waals surface area contributed by atoms with E-state index in [1.165, 1.54) is 4.90 Å². The van der Waals surface area contributed by atoms with E-state index < -0.39 is 11.9 Å². The lowest BCUT2D eigenvalue weighted by molar-refractivity contribution is -0.141. The van der Waals surface area contributed by atoms with Crippen LogP contribution in [-0.4, -0.2) is 47.0 Å². The van der Waals surface area contributed by atoms with E-state index in [0.717, 1.165) is 18.4 Å². The Morgan fingerprint density at radius 2 is 2.00 bits per heavy atom. The minimum Gasteiger partial charge on any atom is -0.481 e. The Balaban J connectivity index is 1.51. The molecule has 1 unspecified atom stereocenters. The number of likely N-dealkylation sites (tertiary alicyclic amines) is 1. The van der Waals surface area contributed by atoms with Crippen molar-refractivity contribution in [2.24, 2.45) is 5.92 Å². The summed E-state index contributed by atoms with van der Waals surface area (Å²) >= 11 is 0. The molecule has 1 saturated carbocycles. The first-order valence-corrected chi connectivity index (χ1v) is 8.18. The van der Waals surface area contributed by atoms with Crippen LogP contribution in [0.3, 0.4) is 0 Å². The third-order valence-corrected chi connectivity index (χ3v) is 4.37. The Morgan fingerprint density at radius 1 is 1.21 bits per heavy atom. The number of hydrogen-bond acceptors (Lipinski definition) is 3. The average Bonchev–Trinajstić information content (AvgIpc) is 3.24. The molecule has 2 fully saturated rings. The molecule has 1 aromatic carbocycles. The second-order valence-corrected chi connectivity index (χ2v) is 6.38. The van der Waals surface area contributed by atoms with E-state index in [9.17, 15) is 14.4 Å². The van der Waals surface area contributed by atoms with Crippen molar-refractivity contribution < 1.29 is 19.5 Å². The lowest BCUT2D eigenvalue weighted by atomic mass is 10.1. The van der Waals surface area contributed by atoms with Crippen LogP contribution in [0.5, 0.6) is 0 Å². The van der Waals surface area contributed by atoms with E-state index in [0.29, 0.717) is 31.1 Å². The van der Waals surface area contributed by atoms with E-state index in [2.05, 4.69) is 10.6 Å². The van der Waals surface area contributed by atoms with Crippen LogP contribution in [0.4, 0.5) is 4.79 Å². The molecule has 1 aliphatic heterocycles. The van der Waals surface area contributed by atoms with Crippen molar-refractivity contribution in [3.05, 3.63) is 35.4 Å². The van der Waals surface area contributed by atoms with Crippen molar-refractivity contribution in [1.29, 1.82) is 0 Å². The fourth-order valence-electron chi connectivity index (χ4n) is 2.75. The van der Waals surface area contributed by atoms with Crippen molar-refractivity contribution in [3.8, 4) is 0 Å². The van der Waals surface area contributed by atoms with Crippen LogP contribution < -0.4 is 10.6 Å². The number of carboxylic acid groups (broad SMARTS) is 1. The summed E-state index contributed by atoms with van der Waals surface area (Å²) in [5.41, 5.74) is 1.42. The molecule has 0 aromatic heterocycles. The number of benzene rings is 1. The largest absolute Gasteiger partial charge is 0.481 e. The standard InChI is InChI=1S/C17H21N3O4/c21-15(19-14-4-5-14)12-3-1-2-11(8-12)9-18-17(24)20-7-6-13(10-20)16(22)23/h1-3,8,13-14H,4-7,9-10H2,(H,18,24)(H,19,21)(H,22,23). The first-order valence-electron chi connectivity index (χ1n) is 8.18. The summed E-state index contributed by atoms with van der Waals surface area (Å²) in [6.07, 6.45) is 2.56. The Labute approximate surface area is 140 Å². The van der Waals surface area contributed by atoms with E-state index in [1.54, 1.807) is 18.2 Å². The smallest absolute Gasteiger partial charge is 0.317 e. The van der Waals surface area contributed by atoms with E-state index >= 15 is 0 Å². The molecular weight excluding hydrogens is 310 g/mol. The number of nitrogens with one attached hydrogen (secondary N) is 2. The molecule has 0 bridgehead atoms. The maximum Gasteiger partial charge on any atom is 0.317 e. The van der Waals surface area contributed by atoms with Gasteiger partial charge in [-0.15, -0.1) is 0 Å². The van der Waals surface area contributed by atoms with Gasteiger partial charge in [0.05, 0.1) is 5.92 Å². The predicted molar refractivity (Wildman–Crippen MR) is 86.5 cm³/mol. The molecule has 3 rings (SSSR count). The van der Waals surface area contributed by atoms with Crippen LogP contribution in [0.1, 0.15) is 35.2 Å². The summed E-state index contributed by atoms with van der Waals surface area (Å²) in [5.74, 6) is -1.43. The second-order valence-electron chi connectivity index (χ2n) is 6.38. The van der Waals surface area contributed by atoms with E-state index in [-0.39, 0.29) is 18.5 Å². The highest BCUT2D eigenvalue weighted by molar-refractivity contribution is 5.94. The van der Waals surface area contributed by atoms with Gasteiger partial charge in [-0.2, -0.15) is 0 Å². The monoisotopic (exact) mass is 331 g/mol. The molecule has 3 N–H and O–H groups in total. The number of rotatable bonds is 5. The van der Waals surface area contributed by atoms with Crippen LogP contribution in [0.25, 0.3) is 0 Å². The van der Waals surface area contributed by atoms with Gasteiger partial charge in [0.2, 0.25) is 0 Å². The number of carboxylic acids is 1. The highest BCUT2D eigenvalue weighted by Crippen LogP contribution is 2.19. The normalized spacial score (nSPS) is 19.8. The molecule has 128 valence electrons. The Bertz CT molecular complexity index is 657. The topological polar surface area (TPSA) is 98.7 Å². The average molecular weight is 331 g/mol. The summed E-state index contributed by atoms with van der Waals surface area (Å²) in [5, 5.41) is 14.7. The maximum atomic E-state index is 12.1. The minimum atomic E-state index is -0.861. The quantitative estimate of drug-likeness (QED) is 0.755. The maximum absolute atomic E-state index is 12.1. The van der Waals surface area contributed by atoms with Gasteiger partial charge in [-0.3, -0.25) is 9.59 Å². The lowest BCUT2D eigenvalue weighted by Crippen LogP contribution is -2.38. The molecule has 3 amide bonds. The number of carbonyl (C=O) groups is 3. The van der Waals surface area contributed by atoms with Crippen molar-refractivity contribution >= 4 is 17.9 Å². The Morgan fingerprint density at radius 3 is 2.67 bits per heavy atom. The number of urea groups is 1. The summed E-state index contributed by atoms with van der Waals surface area (Å²) < 4.78 is 0. The molecular formula is C17H21N3O4. The molecule has 0 spiro atoms. The molecule has 2 aliphatic rings. The fourth-order valence-corrected chi connectivity index (χ4v) is 2.75. The summed E-state index contributed by atoms with van der Waals surface area (Å²) in [6.45, 7) is 0.995. The van der Waals surface area contributed by atoms with Crippen LogP contribution >= 0.6 is 0 Å². The lowest BCUT2D eigenvalue weighted by Gasteiger charge is -2.17. The van der Waals surface area contributed by atoms with Crippen LogP contribution in [0.15, 0.2) is 24.3 Å². The summed E-state index contributed by atoms with van der Waals surface area (Å²) in [6, 6.07) is 7.19. The molecule has 1 heterocycles. The van der Waals surface area contributed by atoms with Gasteiger partial charge in [0, 0.05) is 31.2 Å². The number of carbonyl (C=O) groups excluding carboxylic acids is 2. The SMILES string of the molecule is O=C(NC1CC1)c1cccc(CNC(=O)N2CCC(C(=O)O)C2)c1. The van der Waals surface area contributed by atoms with Gasteiger partial charge in [-0.05, 0) is 37.0 Å². The van der Waals surface area contributed by atoms with Gasteiger partial charge in [0.15, 0.2) is 0 Å². The zero-order valence-corrected chi connectivity index (χ0v) is 13.3. The molecule has 1 aliphatic carbocycles. The zero-order valence-electron chi connectivity index (χ0n) is 13.3. The van der Waals surface area contributed by atoms with Gasteiger partial charge in [-0.1, -0.05) is 12.1 Å². The highest BCUT2D eigenvalue weighted by Gasteiger charge is 2.30. The fraction of sp³-hybridized carbons (Fsp3) is 0.471. The van der Waals surface area contributed by atoms with Gasteiger partial charge < -0.3 is 20.6 Å². The summed E-state index contributed by atoms with van der Waals surface area (Å²) in [4.78, 5) is 36.6. The molecule has 1 atom stereocenters. The first-order chi connectivity index (χ1) is 11.5. The van der Waals surface area contributed by atoms with Crippen molar-refractivity contribution in [1.82, 2.24) is 15.5 Å². The van der Waals surface area contributed by atoms with E-state index in [4.69, 9.17) is 5.11 Å². The molecule has 24 heavy (non-hydrogen) atoms.